The molecule has 0 bridgehead atoms. The first kappa shape index (κ1) is 19.8. The summed E-state index contributed by atoms with van der Waals surface area (Å²) >= 11 is 0. The van der Waals surface area contributed by atoms with Gasteiger partial charge in [0, 0.05) is 31.0 Å². The van der Waals surface area contributed by atoms with Crippen molar-refractivity contribution in [2.45, 2.75) is 26.3 Å². The molecule has 0 N–H and O–H groups in total. The van der Waals surface area contributed by atoms with Gasteiger partial charge in [-0.2, -0.15) is 4.98 Å². The lowest BCUT2D eigenvalue weighted by Crippen LogP contribution is -2.40. The topological polar surface area (TPSA) is 92.4 Å². The molecule has 1 atom stereocenters. The molecule has 3 aromatic rings. The second-order valence-electron chi connectivity index (χ2n) is 7.42. The molecule has 154 valence electrons. The highest BCUT2D eigenvalue weighted by molar-refractivity contribution is 5.95. The predicted octanol–water partition coefficient (Wildman–Crippen LogP) is 2.81. The lowest BCUT2D eigenvalue weighted by Gasteiger charge is -2.29. The van der Waals surface area contributed by atoms with E-state index < -0.39 is 6.04 Å². The second kappa shape index (κ2) is 8.44. The van der Waals surface area contributed by atoms with Crippen molar-refractivity contribution in [3.63, 3.8) is 0 Å². The van der Waals surface area contributed by atoms with Crippen molar-refractivity contribution in [2.75, 3.05) is 19.6 Å². The van der Waals surface area contributed by atoms with E-state index in [1.807, 2.05) is 31.2 Å². The lowest BCUT2D eigenvalue weighted by molar-refractivity contribution is 0.0592. The fourth-order valence-corrected chi connectivity index (χ4v) is 3.67. The van der Waals surface area contributed by atoms with Crippen LogP contribution in [0.4, 0.5) is 0 Å². The minimum absolute atomic E-state index is 0.122. The summed E-state index contributed by atoms with van der Waals surface area (Å²) in [7, 11) is 0. The number of carbonyl (C=O) groups is 2. The average Bonchev–Trinajstić information content (AvgIpc) is 3.07. The highest BCUT2D eigenvalue weighted by Crippen LogP contribution is 2.27. The Hall–Kier alpha value is -3.55. The van der Waals surface area contributed by atoms with E-state index >= 15 is 0 Å². The molecule has 30 heavy (non-hydrogen) atoms. The van der Waals surface area contributed by atoms with E-state index in [4.69, 9.17) is 4.52 Å². The van der Waals surface area contributed by atoms with E-state index in [1.165, 1.54) is 0 Å². The van der Waals surface area contributed by atoms with Gasteiger partial charge in [-0.05, 0) is 44.0 Å². The minimum Gasteiger partial charge on any atom is -0.337 e. The Balaban J connectivity index is 1.66. The molecular weight excluding hydrogens is 382 g/mol. The summed E-state index contributed by atoms with van der Waals surface area (Å²) in [6, 6.07) is 10.4. The van der Waals surface area contributed by atoms with E-state index in [-0.39, 0.29) is 18.4 Å². The summed E-state index contributed by atoms with van der Waals surface area (Å²) in [5.41, 5.74) is 2.03. The summed E-state index contributed by atoms with van der Waals surface area (Å²) in [5, 5.41) is 3.89. The Labute approximate surface area is 174 Å². The molecule has 1 unspecified atom stereocenters. The molecule has 2 aromatic heterocycles. The lowest BCUT2D eigenvalue weighted by atomic mass is 10.1. The fraction of sp³-hybridized carbons (Fsp3) is 0.318. The van der Waals surface area contributed by atoms with Gasteiger partial charge in [0.2, 0.25) is 0 Å². The van der Waals surface area contributed by atoms with Crippen LogP contribution in [-0.4, -0.2) is 56.4 Å². The van der Waals surface area contributed by atoms with Gasteiger partial charge < -0.3 is 14.3 Å². The summed E-state index contributed by atoms with van der Waals surface area (Å²) in [6.07, 6.45) is 3.93. The maximum absolute atomic E-state index is 13.3. The SMILES string of the molecule is Cc1cncc(C(=O)N2CCCN(C(=O)c3ccccc3)C(c3nc(C)no3)C2)c1. The first-order valence-corrected chi connectivity index (χ1v) is 9.90. The molecule has 0 aliphatic carbocycles. The Morgan fingerprint density at radius 1 is 1.03 bits per heavy atom. The van der Waals surface area contributed by atoms with Gasteiger partial charge in [0.25, 0.3) is 17.7 Å². The van der Waals surface area contributed by atoms with Crippen LogP contribution in [0.2, 0.25) is 0 Å². The van der Waals surface area contributed by atoms with Crippen molar-refractivity contribution in [1.82, 2.24) is 24.9 Å². The van der Waals surface area contributed by atoms with Crippen molar-refractivity contribution >= 4 is 11.8 Å². The highest BCUT2D eigenvalue weighted by Gasteiger charge is 2.35. The number of hydrogen-bond donors (Lipinski definition) is 0. The largest absolute Gasteiger partial charge is 0.337 e. The molecule has 8 nitrogen and oxygen atoms in total. The Morgan fingerprint density at radius 2 is 1.83 bits per heavy atom. The molecule has 1 aliphatic rings. The highest BCUT2D eigenvalue weighted by atomic mass is 16.5. The minimum atomic E-state index is -0.525. The molecule has 1 aliphatic heterocycles. The van der Waals surface area contributed by atoms with E-state index in [0.717, 1.165) is 5.56 Å². The number of hydrogen-bond acceptors (Lipinski definition) is 6. The van der Waals surface area contributed by atoms with Crippen LogP contribution in [0.5, 0.6) is 0 Å². The molecule has 3 heterocycles. The molecule has 8 heteroatoms. The van der Waals surface area contributed by atoms with Gasteiger partial charge >= 0.3 is 0 Å². The van der Waals surface area contributed by atoms with E-state index in [9.17, 15) is 9.59 Å². The van der Waals surface area contributed by atoms with Gasteiger partial charge in [-0.1, -0.05) is 23.4 Å². The first-order chi connectivity index (χ1) is 14.5. The number of rotatable bonds is 3. The normalized spacial score (nSPS) is 16.9. The number of amides is 2. The van der Waals surface area contributed by atoms with Crippen LogP contribution in [0.15, 0.2) is 53.3 Å². The third-order valence-electron chi connectivity index (χ3n) is 5.12. The third-order valence-corrected chi connectivity index (χ3v) is 5.12. The van der Waals surface area contributed by atoms with Crippen molar-refractivity contribution in [3.05, 3.63) is 77.2 Å². The van der Waals surface area contributed by atoms with Gasteiger partial charge in [-0.25, -0.2) is 0 Å². The third kappa shape index (κ3) is 4.07. The van der Waals surface area contributed by atoms with Crippen LogP contribution in [0.25, 0.3) is 0 Å². The number of benzene rings is 1. The number of nitrogens with zero attached hydrogens (tertiary/aromatic N) is 5. The zero-order valence-electron chi connectivity index (χ0n) is 17.0. The Kier molecular flexibility index (Phi) is 5.56. The summed E-state index contributed by atoms with van der Waals surface area (Å²) in [4.78, 5) is 38.4. The van der Waals surface area contributed by atoms with Crippen LogP contribution in [0, 0.1) is 13.8 Å². The zero-order valence-corrected chi connectivity index (χ0v) is 17.0. The van der Waals surface area contributed by atoms with Crippen molar-refractivity contribution in [3.8, 4) is 0 Å². The van der Waals surface area contributed by atoms with Crippen LogP contribution >= 0.6 is 0 Å². The molecule has 4 rings (SSSR count). The maximum atomic E-state index is 13.3. The van der Waals surface area contributed by atoms with E-state index in [1.54, 1.807) is 41.2 Å². The standard InChI is InChI=1S/C22H23N5O3/c1-15-11-18(13-23-12-15)21(28)26-9-6-10-27(22(29)17-7-4-3-5-8-17)19(14-26)20-24-16(2)25-30-20/h3-5,7-8,11-13,19H,6,9-10,14H2,1-2H3. The molecule has 0 saturated carbocycles. The van der Waals surface area contributed by atoms with Crippen molar-refractivity contribution < 1.29 is 14.1 Å². The fourth-order valence-electron chi connectivity index (χ4n) is 3.67. The van der Waals surface area contributed by atoms with Crippen molar-refractivity contribution in [2.24, 2.45) is 0 Å². The maximum Gasteiger partial charge on any atom is 0.255 e. The van der Waals surface area contributed by atoms with E-state index in [2.05, 4.69) is 15.1 Å². The quantitative estimate of drug-likeness (QED) is 0.665. The summed E-state index contributed by atoms with van der Waals surface area (Å²) in [6.45, 7) is 4.91. The van der Waals surface area contributed by atoms with Crippen LogP contribution < -0.4 is 0 Å². The van der Waals surface area contributed by atoms with Gasteiger partial charge in [-0.3, -0.25) is 14.6 Å². The van der Waals surface area contributed by atoms with Crippen LogP contribution in [0.1, 0.15) is 50.5 Å². The Bertz CT molecular complexity index is 1050. The first-order valence-electron chi connectivity index (χ1n) is 9.90. The summed E-state index contributed by atoms with van der Waals surface area (Å²) < 4.78 is 5.42. The van der Waals surface area contributed by atoms with Gasteiger partial charge in [0.05, 0.1) is 12.1 Å². The number of aromatic nitrogens is 3. The molecule has 1 aromatic carbocycles. The molecule has 1 saturated heterocycles. The summed E-state index contributed by atoms with van der Waals surface area (Å²) in [5.74, 6) is 0.574. The number of aryl methyl sites for hydroxylation is 2. The van der Waals surface area contributed by atoms with Gasteiger partial charge in [-0.15, -0.1) is 0 Å². The van der Waals surface area contributed by atoms with Crippen molar-refractivity contribution in [1.29, 1.82) is 0 Å². The second-order valence-corrected chi connectivity index (χ2v) is 7.42. The number of carbonyl (C=O) groups excluding carboxylic acids is 2. The monoisotopic (exact) mass is 405 g/mol. The molecule has 1 fully saturated rings. The molecule has 0 spiro atoms. The van der Waals surface area contributed by atoms with Gasteiger partial charge in [0.15, 0.2) is 5.82 Å². The predicted molar refractivity (Wildman–Crippen MR) is 109 cm³/mol. The van der Waals surface area contributed by atoms with Crippen LogP contribution in [0.3, 0.4) is 0 Å². The zero-order chi connectivity index (χ0) is 21.1. The number of pyridine rings is 1. The van der Waals surface area contributed by atoms with Gasteiger partial charge in [0.1, 0.15) is 6.04 Å². The molecule has 2 amide bonds. The molecular formula is C22H23N5O3. The van der Waals surface area contributed by atoms with Crippen LogP contribution in [-0.2, 0) is 0 Å². The molecule has 0 radical (unpaired) electrons. The Morgan fingerprint density at radius 3 is 2.53 bits per heavy atom. The average molecular weight is 405 g/mol. The van der Waals surface area contributed by atoms with E-state index in [0.29, 0.717) is 42.4 Å². The smallest absolute Gasteiger partial charge is 0.255 e.